The topological polar surface area (TPSA) is 56.8 Å². The summed E-state index contributed by atoms with van der Waals surface area (Å²) in [4.78, 5) is 34.8. The number of amides is 2. The molecule has 2 aliphatic heterocycles. The monoisotopic (exact) mass is 410 g/mol. The highest BCUT2D eigenvalue weighted by molar-refractivity contribution is 6.06. The van der Waals surface area contributed by atoms with Gasteiger partial charge in [-0.25, -0.2) is 4.98 Å². The molecule has 0 N–H and O–H groups in total. The summed E-state index contributed by atoms with van der Waals surface area (Å²) in [7, 11) is 0. The summed E-state index contributed by atoms with van der Waals surface area (Å²) < 4.78 is 38.2. The fourth-order valence-electron chi connectivity index (χ4n) is 4.73. The van der Waals surface area contributed by atoms with Crippen molar-refractivity contribution in [3.63, 3.8) is 0 Å². The Morgan fingerprint density at radius 2 is 1.76 bits per heavy atom. The molecule has 1 saturated carbocycles. The van der Waals surface area contributed by atoms with Crippen LogP contribution in [0.15, 0.2) is 18.3 Å². The predicted octanol–water partition coefficient (Wildman–Crippen LogP) is 2.89. The molecule has 3 aliphatic rings. The quantitative estimate of drug-likeness (QED) is 0.718. The van der Waals surface area contributed by atoms with E-state index in [1.54, 1.807) is 0 Å². The van der Waals surface area contributed by atoms with Gasteiger partial charge >= 0.3 is 6.18 Å². The van der Waals surface area contributed by atoms with Crippen molar-refractivity contribution in [2.24, 2.45) is 5.41 Å². The second kappa shape index (κ2) is 7.59. The number of pyridine rings is 1. The van der Waals surface area contributed by atoms with Gasteiger partial charge in [-0.1, -0.05) is 12.8 Å². The average molecular weight is 410 g/mol. The summed E-state index contributed by atoms with van der Waals surface area (Å²) in [5, 5.41) is 0. The lowest BCUT2D eigenvalue weighted by molar-refractivity contribution is -0.144. The third kappa shape index (κ3) is 3.97. The van der Waals surface area contributed by atoms with Gasteiger partial charge in [0, 0.05) is 38.8 Å². The molecule has 158 valence electrons. The molecule has 4 rings (SSSR count). The number of anilines is 1. The lowest BCUT2D eigenvalue weighted by Crippen LogP contribution is -2.44. The number of nitrogens with zero attached hydrogens (tertiary/aromatic N) is 4. The number of rotatable bonds is 3. The van der Waals surface area contributed by atoms with E-state index in [9.17, 15) is 22.8 Å². The van der Waals surface area contributed by atoms with Crippen LogP contribution in [-0.4, -0.2) is 59.4 Å². The van der Waals surface area contributed by atoms with Gasteiger partial charge in [-0.2, -0.15) is 13.2 Å². The van der Waals surface area contributed by atoms with E-state index in [0.29, 0.717) is 38.5 Å². The number of carbonyl (C=O) groups excluding carboxylic acids is 2. The van der Waals surface area contributed by atoms with Crippen molar-refractivity contribution in [2.75, 3.05) is 37.7 Å². The summed E-state index contributed by atoms with van der Waals surface area (Å²) >= 11 is 0. The predicted molar refractivity (Wildman–Crippen MR) is 99.9 cm³/mol. The van der Waals surface area contributed by atoms with Crippen LogP contribution >= 0.6 is 0 Å². The first-order valence-electron chi connectivity index (χ1n) is 10.1. The molecule has 9 heteroatoms. The minimum absolute atomic E-state index is 0.0227. The fourth-order valence-corrected chi connectivity index (χ4v) is 4.73. The van der Waals surface area contributed by atoms with Gasteiger partial charge in [0.25, 0.3) is 0 Å². The molecule has 0 radical (unpaired) electrons. The van der Waals surface area contributed by atoms with Crippen molar-refractivity contribution in [1.82, 2.24) is 14.8 Å². The molecule has 1 spiro atoms. The Balaban J connectivity index is 1.37. The Kier molecular flexibility index (Phi) is 5.27. The minimum Gasteiger partial charge on any atom is -0.355 e. The van der Waals surface area contributed by atoms with Crippen LogP contribution in [0.5, 0.6) is 0 Å². The van der Waals surface area contributed by atoms with Crippen LogP contribution in [-0.2, 0) is 15.8 Å². The molecule has 3 heterocycles. The van der Waals surface area contributed by atoms with E-state index in [1.807, 2.05) is 4.90 Å². The Bertz CT molecular complexity index is 775. The maximum Gasteiger partial charge on any atom is 0.417 e. The van der Waals surface area contributed by atoms with E-state index in [-0.39, 0.29) is 11.8 Å². The number of hydrogen-bond donors (Lipinski definition) is 0. The van der Waals surface area contributed by atoms with Gasteiger partial charge in [-0.05, 0) is 31.4 Å². The molecule has 2 amide bonds. The minimum atomic E-state index is -4.40. The van der Waals surface area contributed by atoms with Gasteiger partial charge in [0.2, 0.25) is 11.8 Å². The Labute approximate surface area is 167 Å². The summed E-state index contributed by atoms with van der Waals surface area (Å²) in [5.41, 5.74) is -1.22. The summed E-state index contributed by atoms with van der Waals surface area (Å²) in [6.07, 6.45) is 1.21. The van der Waals surface area contributed by atoms with Crippen LogP contribution in [0.3, 0.4) is 0 Å². The van der Waals surface area contributed by atoms with Crippen LogP contribution in [0.2, 0.25) is 0 Å². The van der Waals surface area contributed by atoms with Gasteiger partial charge in [0.05, 0.1) is 17.6 Å². The average Bonchev–Trinajstić information content (AvgIpc) is 3.14. The van der Waals surface area contributed by atoms with Gasteiger partial charge in [0.15, 0.2) is 0 Å². The Hall–Kier alpha value is -2.16. The zero-order valence-corrected chi connectivity index (χ0v) is 16.2. The third-order valence-corrected chi connectivity index (χ3v) is 6.38. The zero-order valence-electron chi connectivity index (χ0n) is 16.2. The molecule has 0 unspecified atom stereocenters. The number of imide groups is 1. The van der Waals surface area contributed by atoms with Crippen molar-refractivity contribution < 1.29 is 22.8 Å². The molecule has 29 heavy (non-hydrogen) atoms. The number of alkyl halides is 3. The molecule has 2 saturated heterocycles. The molecule has 0 bridgehead atoms. The smallest absolute Gasteiger partial charge is 0.355 e. The van der Waals surface area contributed by atoms with E-state index >= 15 is 0 Å². The van der Waals surface area contributed by atoms with Crippen LogP contribution < -0.4 is 4.90 Å². The standard InChI is InChI=1S/C20H25F3N4O2/c21-20(22,23)15-4-5-16(24-13-15)26-9-3-8-25(10-11-26)14-27-17(28)12-19(18(27)29)6-1-2-7-19/h4-5,13H,1-3,6-12,14H2. The molecule has 1 aromatic rings. The molecule has 6 nitrogen and oxygen atoms in total. The molecular weight excluding hydrogens is 385 g/mol. The summed E-state index contributed by atoms with van der Waals surface area (Å²) in [5.74, 6) is 0.408. The van der Waals surface area contributed by atoms with Crippen LogP contribution in [0.1, 0.15) is 44.1 Å². The molecule has 0 aromatic carbocycles. The highest BCUT2D eigenvalue weighted by Gasteiger charge is 2.52. The number of halogens is 3. The van der Waals surface area contributed by atoms with Gasteiger partial charge in [0.1, 0.15) is 5.82 Å². The van der Waals surface area contributed by atoms with Crippen LogP contribution in [0.25, 0.3) is 0 Å². The maximum absolute atomic E-state index is 12.9. The lowest BCUT2D eigenvalue weighted by Gasteiger charge is -2.27. The van der Waals surface area contributed by atoms with Gasteiger partial charge in [-0.3, -0.25) is 19.4 Å². The molecule has 1 aromatic heterocycles. The number of hydrogen-bond acceptors (Lipinski definition) is 5. The number of likely N-dealkylation sites (tertiary alicyclic amines) is 1. The molecule has 3 fully saturated rings. The van der Waals surface area contributed by atoms with Gasteiger partial charge in [-0.15, -0.1) is 0 Å². The van der Waals surface area contributed by atoms with Crippen LogP contribution in [0, 0.1) is 5.41 Å². The highest BCUT2D eigenvalue weighted by atomic mass is 19.4. The first kappa shape index (κ1) is 20.1. The molecule has 1 aliphatic carbocycles. The normalized spacial score (nSPS) is 23.3. The summed E-state index contributed by atoms with van der Waals surface area (Å²) in [6, 6.07) is 2.45. The second-order valence-corrected chi connectivity index (χ2v) is 8.29. The molecule has 0 atom stereocenters. The molecular formula is C20H25F3N4O2. The number of carbonyl (C=O) groups is 2. The maximum atomic E-state index is 12.9. The van der Waals surface area contributed by atoms with E-state index in [1.165, 1.54) is 11.0 Å². The Morgan fingerprint density at radius 1 is 1.00 bits per heavy atom. The van der Waals surface area contributed by atoms with Crippen molar-refractivity contribution in [3.8, 4) is 0 Å². The first-order chi connectivity index (χ1) is 13.8. The fraction of sp³-hybridized carbons (Fsp3) is 0.650. The summed E-state index contributed by atoms with van der Waals surface area (Å²) in [6.45, 7) is 2.89. The van der Waals surface area contributed by atoms with E-state index in [2.05, 4.69) is 9.88 Å². The van der Waals surface area contributed by atoms with Gasteiger partial charge < -0.3 is 4.90 Å². The van der Waals surface area contributed by atoms with Crippen molar-refractivity contribution >= 4 is 17.6 Å². The van der Waals surface area contributed by atoms with E-state index in [4.69, 9.17) is 0 Å². The van der Waals surface area contributed by atoms with E-state index < -0.39 is 17.2 Å². The van der Waals surface area contributed by atoms with Crippen LogP contribution in [0.4, 0.5) is 19.0 Å². The third-order valence-electron chi connectivity index (χ3n) is 6.38. The second-order valence-electron chi connectivity index (χ2n) is 8.29. The number of aromatic nitrogens is 1. The van der Waals surface area contributed by atoms with Crippen molar-refractivity contribution in [2.45, 2.75) is 44.7 Å². The van der Waals surface area contributed by atoms with Crippen molar-refractivity contribution in [3.05, 3.63) is 23.9 Å². The van der Waals surface area contributed by atoms with Crippen molar-refractivity contribution in [1.29, 1.82) is 0 Å². The first-order valence-corrected chi connectivity index (χ1v) is 10.1. The SMILES string of the molecule is O=C1CC2(CCCC2)C(=O)N1CN1CCCN(c2ccc(C(F)(F)F)cn2)CC1. The lowest BCUT2D eigenvalue weighted by atomic mass is 9.85. The zero-order chi connectivity index (χ0) is 20.6. The highest BCUT2D eigenvalue weighted by Crippen LogP contribution is 2.46. The Morgan fingerprint density at radius 3 is 2.41 bits per heavy atom. The largest absolute Gasteiger partial charge is 0.417 e. The van der Waals surface area contributed by atoms with E-state index in [0.717, 1.165) is 50.9 Å².